The fraction of sp³-hybridized carbons (Fsp3) is 0.214. The molecule has 0 aliphatic rings. The predicted octanol–water partition coefficient (Wildman–Crippen LogP) is 4.08. The molecule has 1 N–H and O–H groups in total. The third kappa shape index (κ3) is 3.13. The van der Waals surface area contributed by atoms with E-state index in [4.69, 9.17) is 4.74 Å². The maximum Gasteiger partial charge on any atom is 0.328 e. The molecule has 3 nitrogen and oxygen atoms in total. The van der Waals surface area contributed by atoms with E-state index in [-0.39, 0.29) is 17.5 Å². The second kappa shape index (κ2) is 5.82. The Balaban J connectivity index is 2.45. The third-order valence-electron chi connectivity index (χ3n) is 2.73. The molecule has 0 aliphatic carbocycles. The van der Waals surface area contributed by atoms with Gasteiger partial charge in [-0.3, -0.25) is 4.79 Å². The minimum absolute atomic E-state index is 0.0206. The summed E-state index contributed by atoms with van der Waals surface area (Å²) < 4.78 is 5.44. The zero-order chi connectivity index (χ0) is 14.0. The number of carbonyl (C=O) groups excluding carboxylic acids is 1. The molecular weight excluding hydrogens is 470 g/mol. The van der Waals surface area contributed by atoms with Crippen LogP contribution < -0.4 is 4.74 Å². The number of hydrogen-bond donors (Lipinski definition) is 1. The number of hydrogen-bond acceptors (Lipinski definition) is 3. The Morgan fingerprint density at radius 3 is 2.68 bits per heavy atom. The molecule has 1 atom stereocenters. The predicted molar refractivity (Wildman–Crippen MR) is 92.6 cm³/mol. The van der Waals surface area contributed by atoms with E-state index in [1.807, 2.05) is 31.2 Å². The number of phenolic OH excluding ortho intramolecular Hbond substituents is 1. The Bertz CT molecular complexity index is 623. The molecule has 2 aromatic rings. The molecule has 0 saturated heterocycles. The Kier molecular flexibility index (Phi) is 4.54. The molecule has 19 heavy (non-hydrogen) atoms. The number of benzene rings is 2. The van der Waals surface area contributed by atoms with Crippen molar-refractivity contribution in [3.63, 3.8) is 0 Å². The highest BCUT2D eigenvalue weighted by Gasteiger charge is 2.31. The Hall–Kier alpha value is -0.570. The highest BCUT2D eigenvalue weighted by Crippen LogP contribution is 2.36. The first-order chi connectivity index (χ1) is 8.95. The van der Waals surface area contributed by atoms with Gasteiger partial charge in [0.25, 0.3) is 0 Å². The summed E-state index contributed by atoms with van der Waals surface area (Å²) in [5, 5.41) is 11.6. The molecule has 100 valence electrons. The quantitative estimate of drug-likeness (QED) is 0.311. The van der Waals surface area contributed by atoms with Crippen molar-refractivity contribution in [2.24, 2.45) is 0 Å². The highest BCUT2D eigenvalue weighted by molar-refractivity contribution is 14.1. The first-order valence-corrected chi connectivity index (χ1v) is 8.24. The van der Waals surface area contributed by atoms with Crippen LogP contribution in [0, 0.1) is 0 Å². The molecule has 5 heteroatoms. The number of aromatic hydroxyl groups is 1. The standard InChI is InChI=1S/C14H12I2O3/c1-14(16,8-15)13(18)19-12-10-5-3-2-4-9(10)6-7-11(12)17/h2-7,17H,8H2,1H3. The molecule has 2 aromatic carbocycles. The van der Waals surface area contributed by atoms with Crippen LogP contribution in [0.4, 0.5) is 0 Å². The van der Waals surface area contributed by atoms with Crippen molar-refractivity contribution in [2.75, 3.05) is 4.43 Å². The van der Waals surface area contributed by atoms with Crippen LogP contribution in [-0.4, -0.2) is 18.9 Å². The summed E-state index contributed by atoms with van der Waals surface area (Å²) in [6.07, 6.45) is 0. The van der Waals surface area contributed by atoms with Crippen LogP contribution in [0.1, 0.15) is 6.92 Å². The van der Waals surface area contributed by atoms with Crippen LogP contribution in [0.25, 0.3) is 10.8 Å². The van der Waals surface area contributed by atoms with Crippen LogP contribution >= 0.6 is 45.2 Å². The number of carbonyl (C=O) groups is 1. The van der Waals surface area contributed by atoms with Gasteiger partial charge in [0.15, 0.2) is 11.5 Å². The monoisotopic (exact) mass is 482 g/mol. The SMILES string of the molecule is CC(I)(CI)C(=O)Oc1c(O)ccc2ccccc12. The molecule has 0 radical (unpaired) electrons. The van der Waals surface area contributed by atoms with E-state index in [1.165, 1.54) is 0 Å². The van der Waals surface area contributed by atoms with Crippen LogP contribution in [0.15, 0.2) is 36.4 Å². The van der Waals surface area contributed by atoms with Crippen LogP contribution in [0.5, 0.6) is 11.5 Å². The van der Waals surface area contributed by atoms with E-state index in [0.717, 1.165) is 10.8 Å². The lowest BCUT2D eigenvalue weighted by Crippen LogP contribution is -2.34. The lowest BCUT2D eigenvalue weighted by Gasteiger charge is -2.18. The summed E-state index contributed by atoms with van der Waals surface area (Å²) in [5.41, 5.74) is 0. The lowest BCUT2D eigenvalue weighted by atomic mass is 10.1. The molecular formula is C14H12I2O3. The Morgan fingerprint density at radius 2 is 2.00 bits per heavy atom. The minimum atomic E-state index is -0.609. The van der Waals surface area contributed by atoms with Gasteiger partial charge in [0.1, 0.15) is 3.42 Å². The number of esters is 1. The minimum Gasteiger partial charge on any atom is -0.504 e. The van der Waals surface area contributed by atoms with Gasteiger partial charge in [0.05, 0.1) is 0 Å². The van der Waals surface area contributed by atoms with Crippen molar-refractivity contribution in [1.82, 2.24) is 0 Å². The van der Waals surface area contributed by atoms with E-state index in [2.05, 4.69) is 45.2 Å². The highest BCUT2D eigenvalue weighted by atomic mass is 127. The van der Waals surface area contributed by atoms with E-state index in [9.17, 15) is 9.90 Å². The first kappa shape index (κ1) is 14.8. The lowest BCUT2D eigenvalue weighted by molar-refractivity contribution is -0.135. The number of ether oxygens (including phenoxy) is 1. The van der Waals surface area contributed by atoms with E-state index < -0.39 is 3.42 Å². The molecule has 0 aromatic heterocycles. The molecule has 0 bridgehead atoms. The molecule has 1 unspecified atom stereocenters. The second-order valence-corrected chi connectivity index (χ2v) is 7.50. The van der Waals surface area contributed by atoms with Gasteiger partial charge < -0.3 is 9.84 Å². The summed E-state index contributed by atoms with van der Waals surface area (Å²) in [6.45, 7) is 1.81. The summed E-state index contributed by atoms with van der Waals surface area (Å²) in [6, 6.07) is 10.8. The molecule has 2 rings (SSSR count). The fourth-order valence-electron chi connectivity index (χ4n) is 1.59. The van der Waals surface area contributed by atoms with Crippen molar-refractivity contribution in [3.8, 4) is 11.5 Å². The summed E-state index contributed by atoms with van der Waals surface area (Å²) >= 11 is 4.21. The van der Waals surface area contributed by atoms with Gasteiger partial charge in [0.2, 0.25) is 0 Å². The number of halogens is 2. The number of fused-ring (bicyclic) bond motifs is 1. The first-order valence-electron chi connectivity index (χ1n) is 5.63. The summed E-state index contributed by atoms with van der Waals surface area (Å²) in [4.78, 5) is 12.1. The topological polar surface area (TPSA) is 46.5 Å². The van der Waals surface area contributed by atoms with Gasteiger partial charge in [-0.25, -0.2) is 0 Å². The zero-order valence-electron chi connectivity index (χ0n) is 10.2. The smallest absolute Gasteiger partial charge is 0.328 e. The van der Waals surface area contributed by atoms with E-state index in [1.54, 1.807) is 12.1 Å². The van der Waals surface area contributed by atoms with E-state index >= 15 is 0 Å². The van der Waals surface area contributed by atoms with Crippen molar-refractivity contribution in [1.29, 1.82) is 0 Å². The van der Waals surface area contributed by atoms with Gasteiger partial charge in [-0.05, 0) is 18.4 Å². The number of rotatable bonds is 3. The van der Waals surface area contributed by atoms with Gasteiger partial charge in [0, 0.05) is 9.81 Å². The largest absolute Gasteiger partial charge is 0.504 e. The third-order valence-corrected chi connectivity index (χ3v) is 6.54. The second-order valence-electron chi connectivity index (χ2n) is 4.36. The summed E-state index contributed by atoms with van der Waals surface area (Å²) in [5.74, 6) is -0.141. The van der Waals surface area contributed by atoms with Crippen molar-refractivity contribution in [3.05, 3.63) is 36.4 Å². The summed E-state index contributed by atoms with van der Waals surface area (Å²) in [7, 11) is 0. The van der Waals surface area contributed by atoms with Crippen LogP contribution in [-0.2, 0) is 4.79 Å². The molecule has 0 fully saturated rings. The van der Waals surface area contributed by atoms with Crippen LogP contribution in [0.2, 0.25) is 0 Å². The van der Waals surface area contributed by atoms with Crippen molar-refractivity contribution in [2.45, 2.75) is 10.3 Å². The van der Waals surface area contributed by atoms with Crippen molar-refractivity contribution >= 4 is 61.9 Å². The van der Waals surface area contributed by atoms with E-state index in [0.29, 0.717) is 4.43 Å². The molecule has 0 aliphatic heterocycles. The normalized spacial score (nSPS) is 14.1. The fourth-order valence-corrected chi connectivity index (χ4v) is 2.01. The number of alkyl halides is 2. The number of phenols is 1. The van der Waals surface area contributed by atoms with Crippen LogP contribution in [0.3, 0.4) is 0 Å². The Morgan fingerprint density at radius 1 is 1.32 bits per heavy atom. The van der Waals surface area contributed by atoms with Crippen molar-refractivity contribution < 1.29 is 14.6 Å². The molecule has 0 heterocycles. The maximum absolute atomic E-state index is 12.1. The van der Waals surface area contributed by atoms with Gasteiger partial charge in [-0.15, -0.1) is 0 Å². The average molecular weight is 482 g/mol. The van der Waals surface area contributed by atoms with Gasteiger partial charge in [-0.2, -0.15) is 0 Å². The zero-order valence-corrected chi connectivity index (χ0v) is 14.5. The molecule has 0 spiro atoms. The van der Waals surface area contributed by atoms with Gasteiger partial charge >= 0.3 is 5.97 Å². The Labute approximate surface area is 138 Å². The van der Waals surface area contributed by atoms with Gasteiger partial charge in [-0.1, -0.05) is 75.5 Å². The molecule has 0 saturated carbocycles. The molecule has 0 amide bonds. The maximum atomic E-state index is 12.1. The average Bonchev–Trinajstić information content (AvgIpc) is 2.41.